The normalized spacial score (nSPS) is 15.2. The molecule has 1 aromatic heterocycles. The van der Waals surface area contributed by atoms with Crippen LogP contribution in [-0.2, 0) is 9.53 Å². The van der Waals surface area contributed by atoms with Gasteiger partial charge in [-0.05, 0) is 42.5 Å². The summed E-state index contributed by atoms with van der Waals surface area (Å²) < 4.78 is 19.2. The van der Waals surface area contributed by atoms with E-state index in [1.165, 1.54) is 36.1 Å². The Morgan fingerprint density at radius 3 is 2.41 bits per heavy atom. The number of carbonyl (C=O) groups excluding carboxylic acids is 2. The van der Waals surface area contributed by atoms with Gasteiger partial charge in [0.05, 0.1) is 22.3 Å². The Labute approximate surface area is 188 Å². The van der Waals surface area contributed by atoms with Crippen LogP contribution in [0.4, 0.5) is 10.1 Å². The summed E-state index contributed by atoms with van der Waals surface area (Å²) in [7, 11) is 0. The molecular weight excluding hydrogens is 431 g/mol. The second-order valence-electron chi connectivity index (χ2n) is 7.39. The van der Waals surface area contributed by atoms with Gasteiger partial charge in [0.2, 0.25) is 6.23 Å². The minimum absolute atomic E-state index is 0.355. The highest BCUT2D eigenvalue weighted by Crippen LogP contribution is 2.45. The van der Waals surface area contributed by atoms with Gasteiger partial charge in [-0.2, -0.15) is 0 Å². The van der Waals surface area contributed by atoms with Crippen LogP contribution in [0.15, 0.2) is 72.8 Å². The fourth-order valence-electron chi connectivity index (χ4n) is 4.00. The van der Waals surface area contributed by atoms with Crippen molar-refractivity contribution in [3.05, 3.63) is 94.8 Å². The molecule has 0 fully saturated rings. The monoisotopic (exact) mass is 446 g/mol. The maximum Gasteiger partial charge on any atom is 0.304 e. The highest BCUT2D eigenvalue weighted by atomic mass is 35.5. The van der Waals surface area contributed by atoms with Crippen molar-refractivity contribution in [2.75, 3.05) is 4.90 Å². The number of fused-ring (bicyclic) bond motifs is 3. The minimum Gasteiger partial charge on any atom is -0.437 e. The highest BCUT2D eigenvalue weighted by molar-refractivity contribution is 6.30. The average Bonchev–Trinajstić information content (AvgIpc) is 3.06. The van der Waals surface area contributed by atoms with Crippen molar-refractivity contribution < 1.29 is 18.7 Å². The van der Waals surface area contributed by atoms with Gasteiger partial charge in [0.25, 0.3) is 5.91 Å². The van der Waals surface area contributed by atoms with Crippen molar-refractivity contribution in [3.8, 4) is 11.3 Å². The van der Waals surface area contributed by atoms with Crippen molar-refractivity contribution in [3.63, 3.8) is 0 Å². The van der Waals surface area contributed by atoms with Crippen molar-refractivity contribution in [2.24, 2.45) is 0 Å². The fraction of sp³-hybridized carbons (Fsp3) is 0.0800. The number of halogens is 2. The van der Waals surface area contributed by atoms with Gasteiger partial charge in [-0.1, -0.05) is 41.9 Å². The van der Waals surface area contributed by atoms with Gasteiger partial charge in [-0.15, -0.1) is 0 Å². The first-order valence-corrected chi connectivity index (χ1v) is 10.3. The first-order chi connectivity index (χ1) is 15.4. The number of nitrogens with zero attached hydrogens (tertiary/aromatic N) is 2. The van der Waals surface area contributed by atoms with Crippen LogP contribution >= 0.6 is 11.6 Å². The number of aromatic nitrogens is 1. The van der Waals surface area contributed by atoms with E-state index in [9.17, 15) is 14.0 Å². The molecule has 5 rings (SSSR count). The molecule has 0 aliphatic carbocycles. The molecule has 1 unspecified atom stereocenters. The molecule has 0 radical (unpaired) electrons. The predicted octanol–water partition coefficient (Wildman–Crippen LogP) is 5.92. The van der Waals surface area contributed by atoms with Gasteiger partial charge >= 0.3 is 5.97 Å². The number of pyridine rings is 1. The largest absolute Gasteiger partial charge is 0.437 e. The number of hydrogen-bond acceptors (Lipinski definition) is 4. The maximum absolute atomic E-state index is 13.7. The number of esters is 1. The van der Waals surface area contributed by atoms with Gasteiger partial charge in [-0.3, -0.25) is 14.5 Å². The van der Waals surface area contributed by atoms with Crippen LogP contribution in [0.2, 0.25) is 5.02 Å². The summed E-state index contributed by atoms with van der Waals surface area (Å²) >= 11 is 6.07. The van der Waals surface area contributed by atoms with Crippen LogP contribution in [0.1, 0.15) is 29.1 Å². The molecule has 2 heterocycles. The summed E-state index contributed by atoms with van der Waals surface area (Å²) in [6, 6.07) is 19.8. The lowest BCUT2D eigenvalue weighted by Gasteiger charge is -2.25. The van der Waals surface area contributed by atoms with E-state index < -0.39 is 18.0 Å². The van der Waals surface area contributed by atoms with E-state index >= 15 is 0 Å². The number of para-hydroxylation sites is 1. The number of ether oxygens (including phenoxy) is 1. The van der Waals surface area contributed by atoms with E-state index in [4.69, 9.17) is 21.3 Å². The van der Waals surface area contributed by atoms with Crippen LogP contribution < -0.4 is 4.90 Å². The molecule has 0 bridgehead atoms. The van der Waals surface area contributed by atoms with Gasteiger partial charge < -0.3 is 4.74 Å². The first kappa shape index (κ1) is 20.2. The number of hydrogen-bond donors (Lipinski definition) is 0. The van der Waals surface area contributed by atoms with E-state index in [0.29, 0.717) is 38.4 Å². The van der Waals surface area contributed by atoms with E-state index in [-0.39, 0.29) is 5.91 Å². The zero-order valence-electron chi connectivity index (χ0n) is 16.9. The van der Waals surface area contributed by atoms with Crippen molar-refractivity contribution >= 4 is 40.1 Å². The number of amides is 1. The second kappa shape index (κ2) is 7.73. The Hall–Kier alpha value is -3.77. The molecule has 4 aromatic rings. The Balaban J connectivity index is 1.82. The number of carbonyl (C=O) groups is 2. The Bertz CT molecular complexity index is 1370. The molecule has 0 saturated heterocycles. The summed E-state index contributed by atoms with van der Waals surface area (Å²) in [5.41, 5.74) is 3.16. The molecular formula is C25H16ClFN2O3. The van der Waals surface area contributed by atoms with Gasteiger partial charge in [0.1, 0.15) is 5.82 Å². The molecule has 1 amide bonds. The summed E-state index contributed by atoms with van der Waals surface area (Å²) in [6.07, 6.45) is -1.05. The molecule has 1 aliphatic rings. The van der Waals surface area contributed by atoms with Gasteiger partial charge in [-0.25, -0.2) is 9.37 Å². The van der Waals surface area contributed by atoms with Crippen molar-refractivity contribution in [2.45, 2.75) is 13.2 Å². The van der Waals surface area contributed by atoms with E-state index in [1.54, 1.807) is 24.3 Å². The summed E-state index contributed by atoms with van der Waals surface area (Å²) in [6.45, 7) is 1.28. The molecule has 0 saturated carbocycles. The average molecular weight is 447 g/mol. The topological polar surface area (TPSA) is 59.5 Å². The van der Waals surface area contributed by atoms with E-state index in [2.05, 4.69) is 0 Å². The SMILES string of the molecule is CC(=O)OC1c2c(-c3ccc(Cl)cc3)nc3ccccc3c2C(=O)N1c1ccc(F)cc1. The molecule has 32 heavy (non-hydrogen) atoms. The lowest BCUT2D eigenvalue weighted by atomic mass is 9.98. The highest BCUT2D eigenvalue weighted by Gasteiger charge is 2.44. The predicted molar refractivity (Wildman–Crippen MR) is 120 cm³/mol. The molecule has 1 aliphatic heterocycles. The molecule has 1 atom stereocenters. The Morgan fingerprint density at radius 1 is 1.03 bits per heavy atom. The third-order valence-electron chi connectivity index (χ3n) is 5.34. The number of rotatable bonds is 3. The lowest BCUT2D eigenvalue weighted by Crippen LogP contribution is -2.30. The molecule has 0 N–H and O–H groups in total. The zero-order valence-corrected chi connectivity index (χ0v) is 17.6. The fourth-order valence-corrected chi connectivity index (χ4v) is 4.13. The molecule has 3 aromatic carbocycles. The van der Waals surface area contributed by atoms with Crippen LogP contribution in [-0.4, -0.2) is 16.9 Å². The van der Waals surface area contributed by atoms with Crippen LogP contribution in [0.3, 0.4) is 0 Å². The minimum atomic E-state index is -1.05. The molecule has 158 valence electrons. The summed E-state index contributed by atoms with van der Waals surface area (Å²) in [5.74, 6) is -1.35. The zero-order chi connectivity index (χ0) is 22.4. The first-order valence-electron chi connectivity index (χ1n) is 9.89. The molecule has 5 nitrogen and oxygen atoms in total. The quantitative estimate of drug-likeness (QED) is 0.367. The maximum atomic E-state index is 13.7. The van der Waals surface area contributed by atoms with Crippen molar-refractivity contribution in [1.29, 1.82) is 0 Å². The van der Waals surface area contributed by atoms with E-state index in [1.807, 2.05) is 24.3 Å². The Morgan fingerprint density at radius 2 is 1.72 bits per heavy atom. The van der Waals surface area contributed by atoms with Crippen LogP contribution in [0.25, 0.3) is 22.2 Å². The van der Waals surface area contributed by atoms with Crippen LogP contribution in [0.5, 0.6) is 0 Å². The van der Waals surface area contributed by atoms with Gasteiger partial charge in [0.15, 0.2) is 0 Å². The summed E-state index contributed by atoms with van der Waals surface area (Å²) in [5, 5.41) is 1.21. The smallest absolute Gasteiger partial charge is 0.304 e. The number of anilines is 1. The van der Waals surface area contributed by atoms with Gasteiger partial charge in [0, 0.05) is 28.6 Å². The van der Waals surface area contributed by atoms with Crippen molar-refractivity contribution in [1.82, 2.24) is 4.98 Å². The Kier molecular flexibility index (Phi) is 4.87. The molecule has 0 spiro atoms. The van der Waals surface area contributed by atoms with Crippen LogP contribution in [0, 0.1) is 5.82 Å². The lowest BCUT2D eigenvalue weighted by molar-refractivity contribution is -0.146. The molecule has 7 heteroatoms. The second-order valence-corrected chi connectivity index (χ2v) is 7.82. The third-order valence-corrected chi connectivity index (χ3v) is 5.60. The third kappa shape index (κ3) is 3.29. The summed E-state index contributed by atoms with van der Waals surface area (Å²) in [4.78, 5) is 31.9. The number of benzene rings is 3. The standard InChI is InChI=1S/C25H16ClFN2O3/c1-14(30)32-25-22-21(24(31)29(25)18-12-10-17(27)11-13-18)19-4-2-3-5-20(19)28-23(22)15-6-8-16(26)9-7-15/h2-13,25H,1H3. The van der Waals surface area contributed by atoms with E-state index in [0.717, 1.165) is 5.56 Å².